The second kappa shape index (κ2) is 7.05. The van der Waals surface area contributed by atoms with Gasteiger partial charge in [0.25, 0.3) is 0 Å². The van der Waals surface area contributed by atoms with Crippen molar-refractivity contribution >= 4 is 0 Å². The summed E-state index contributed by atoms with van der Waals surface area (Å²) in [7, 11) is 0. The number of furan rings is 1. The van der Waals surface area contributed by atoms with Crippen LogP contribution in [-0.4, -0.2) is 0 Å². The summed E-state index contributed by atoms with van der Waals surface area (Å²) in [5.74, 6) is 1.05. The molecule has 0 fully saturated rings. The normalized spacial score (nSPS) is 10.7. The Kier molecular flexibility index (Phi) is 5.07. The van der Waals surface area contributed by atoms with E-state index in [1.165, 1.54) is 43.2 Å². The molecule has 0 spiro atoms. The first-order chi connectivity index (χ1) is 8.92. The summed E-state index contributed by atoms with van der Waals surface area (Å²) in [6.07, 6.45) is 9.55. The van der Waals surface area contributed by atoms with Gasteiger partial charge >= 0.3 is 0 Å². The van der Waals surface area contributed by atoms with Crippen molar-refractivity contribution in [3.63, 3.8) is 0 Å². The third kappa shape index (κ3) is 3.49. The molecule has 1 heterocycles. The molecule has 0 aliphatic rings. The van der Waals surface area contributed by atoms with Gasteiger partial charge in [0.15, 0.2) is 0 Å². The number of hydrogen-bond donors (Lipinski definition) is 0. The van der Waals surface area contributed by atoms with Crippen molar-refractivity contribution in [1.29, 1.82) is 0 Å². The summed E-state index contributed by atoms with van der Waals surface area (Å²) in [6.45, 7) is 2.25. The van der Waals surface area contributed by atoms with Crippen LogP contribution in [0.5, 0.6) is 0 Å². The zero-order chi connectivity index (χ0) is 12.6. The molecule has 0 atom stereocenters. The van der Waals surface area contributed by atoms with Crippen molar-refractivity contribution in [2.24, 2.45) is 0 Å². The summed E-state index contributed by atoms with van der Waals surface area (Å²) in [5, 5.41) is 0. The monoisotopic (exact) mass is 242 g/mol. The zero-order valence-corrected chi connectivity index (χ0v) is 11.2. The number of benzene rings is 1. The first-order valence-corrected chi connectivity index (χ1v) is 7.03. The van der Waals surface area contributed by atoms with E-state index in [0.29, 0.717) is 0 Å². The van der Waals surface area contributed by atoms with E-state index < -0.39 is 0 Å². The van der Waals surface area contributed by atoms with Crippen molar-refractivity contribution < 1.29 is 4.42 Å². The van der Waals surface area contributed by atoms with Crippen LogP contribution >= 0.6 is 0 Å². The standard InChI is InChI=1S/C17H22O/c1-2-3-4-5-7-12-16-13-14-18-17(16)15-10-8-6-9-11-15/h6,8-11,13-14H,2-5,7,12H2,1H3. The van der Waals surface area contributed by atoms with Gasteiger partial charge in [0.05, 0.1) is 6.26 Å². The lowest BCUT2D eigenvalue weighted by Gasteiger charge is -2.03. The number of rotatable bonds is 7. The van der Waals surface area contributed by atoms with Gasteiger partial charge in [0, 0.05) is 5.56 Å². The highest BCUT2D eigenvalue weighted by Gasteiger charge is 2.07. The minimum atomic E-state index is 1.05. The van der Waals surface area contributed by atoms with Gasteiger partial charge in [-0.25, -0.2) is 0 Å². The summed E-state index contributed by atoms with van der Waals surface area (Å²) in [6, 6.07) is 12.5. The van der Waals surface area contributed by atoms with E-state index in [-0.39, 0.29) is 0 Å². The second-order valence-corrected chi connectivity index (χ2v) is 4.81. The van der Waals surface area contributed by atoms with Crippen molar-refractivity contribution in [1.82, 2.24) is 0 Å². The summed E-state index contributed by atoms with van der Waals surface area (Å²) in [4.78, 5) is 0. The fourth-order valence-electron chi connectivity index (χ4n) is 2.29. The lowest BCUT2D eigenvalue weighted by molar-refractivity contribution is 0.576. The average Bonchev–Trinajstić information content (AvgIpc) is 2.88. The molecular formula is C17H22O. The smallest absolute Gasteiger partial charge is 0.137 e. The fraction of sp³-hybridized carbons (Fsp3) is 0.412. The van der Waals surface area contributed by atoms with Gasteiger partial charge in [0.2, 0.25) is 0 Å². The van der Waals surface area contributed by atoms with Crippen LogP contribution in [0.25, 0.3) is 11.3 Å². The molecule has 0 bridgehead atoms. The number of unbranched alkanes of at least 4 members (excludes halogenated alkanes) is 4. The Morgan fingerprint density at radius 2 is 1.67 bits per heavy atom. The molecule has 0 radical (unpaired) electrons. The Morgan fingerprint density at radius 3 is 2.44 bits per heavy atom. The Hall–Kier alpha value is -1.50. The van der Waals surface area contributed by atoms with Crippen LogP contribution in [0.4, 0.5) is 0 Å². The van der Waals surface area contributed by atoms with Gasteiger partial charge in [-0.3, -0.25) is 0 Å². The van der Waals surface area contributed by atoms with Crippen molar-refractivity contribution in [2.45, 2.75) is 45.4 Å². The first kappa shape index (κ1) is 12.9. The van der Waals surface area contributed by atoms with E-state index in [4.69, 9.17) is 4.42 Å². The maximum Gasteiger partial charge on any atom is 0.137 e. The molecular weight excluding hydrogens is 220 g/mol. The molecule has 1 aromatic carbocycles. The SMILES string of the molecule is CCCCCCCc1ccoc1-c1ccccc1. The molecule has 0 aliphatic carbocycles. The van der Waals surface area contributed by atoms with E-state index in [0.717, 1.165) is 12.2 Å². The highest BCUT2D eigenvalue weighted by atomic mass is 16.3. The van der Waals surface area contributed by atoms with Crippen LogP contribution in [0.15, 0.2) is 47.1 Å². The Labute approximate surface area is 110 Å². The van der Waals surface area contributed by atoms with E-state index in [1.54, 1.807) is 0 Å². The highest BCUT2D eigenvalue weighted by Crippen LogP contribution is 2.26. The van der Waals surface area contributed by atoms with Crippen LogP contribution in [0, 0.1) is 0 Å². The molecule has 96 valence electrons. The number of hydrogen-bond acceptors (Lipinski definition) is 1. The molecule has 2 rings (SSSR count). The van der Waals surface area contributed by atoms with Crippen LogP contribution < -0.4 is 0 Å². The van der Waals surface area contributed by atoms with Gasteiger partial charge in [0.1, 0.15) is 5.76 Å². The van der Waals surface area contributed by atoms with E-state index in [1.807, 2.05) is 12.3 Å². The van der Waals surface area contributed by atoms with E-state index in [9.17, 15) is 0 Å². The fourth-order valence-corrected chi connectivity index (χ4v) is 2.29. The Balaban J connectivity index is 1.92. The maximum absolute atomic E-state index is 5.63. The van der Waals surface area contributed by atoms with Gasteiger partial charge in [-0.15, -0.1) is 0 Å². The van der Waals surface area contributed by atoms with Crippen molar-refractivity contribution in [3.8, 4) is 11.3 Å². The number of aryl methyl sites for hydroxylation is 1. The van der Waals surface area contributed by atoms with Gasteiger partial charge in [-0.1, -0.05) is 62.9 Å². The quantitative estimate of drug-likeness (QED) is 0.588. The lowest BCUT2D eigenvalue weighted by atomic mass is 10.0. The average molecular weight is 242 g/mol. The van der Waals surface area contributed by atoms with Crippen molar-refractivity contribution in [2.75, 3.05) is 0 Å². The van der Waals surface area contributed by atoms with Gasteiger partial charge in [-0.2, -0.15) is 0 Å². The molecule has 0 aliphatic heterocycles. The molecule has 0 saturated carbocycles. The largest absolute Gasteiger partial charge is 0.464 e. The summed E-state index contributed by atoms with van der Waals surface area (Å²) in [5.41, 5.74) is 2.53. The third-order valence-corrected chi connectivity index (χ3v) is 3.33. The van der Waals surface area contributed by atoms with Crippen LogP contribution in [0.3, 0.4) is 0 Å². The first-order valence-electron chi connectivity index (χ1n) is 7.03. The molecule has 0 saturated heterocycles. The summed E-state index contributed by atoms with van der Waals surface area (Å²) >= 11 is 0. The maximum atomic E-state index is 5.63. The van der Waals surface area contributed by atoms with Gasteiger partial charge in [-0.05, 0) is 24.5 Å². The topological polar surface area (TPSA) is 13.1 Å². The molecule has 2 aromatic rings. The van der Waals surface area contributed by atoms with Crippen LogP contribution in [0.1, 0.15) is 44.6 Å². The molecule has 0 N–H and O–H groups in total. The predicted octanol–water partition coefficient (Wildman–Crippen LogP) is 5.46. The van der Waals surface area contributed by atoms with Gasteiger partial charge < -0.3 is 4.42 Å². The zero-order valence-electron chi connectivity index (χ0n) is 11.2. The summed E-state index contributed by atoms with van der Waals surface area (Å²) < 4.78 is 5.63. The van der Waals surface area contributed by atoms with E-state index in [2.05, 4.69) is 37.3 Å². The molecule has 0 amide bonds. The van der Waals surface area contributed by atoms with Crippen LogP contribution in [0.2, 0.25) is 0 Å². The highest BCUT2D eigenvalue weighted by molar-refractivity contribution is 5.61. The Bertz CT molecular complexity index is 442. The molecule has 0 unspecified atom stereocenters. The molecule has 1 nitrogen and oxygen atoms in total. The molecule has 18 heavy (non-hydrogen) atoms. The molecule has 1 heteroatoms. The minimum Gasteiger partial charge on any atom is -0.464 e. The Morgan fingerprint density at radius 1 is 0.889 bits per heavy atom. The second-order valence-electron chi connectivity index (χ2n) is 4.81. The predicted molar refractivity (Wildman–Crippen MR) is 76.6 cm³/mol. The lowest BCUT2D eigenvalue weighted by Crippen LogP contribution is -1.87. The third-order valence-electron chi connectivity index (χ3n) is 3.33. The van der Waals surface area contributed by atoms with E-state index >= 15 is 0 Å². The molecule has 1 aromatic heterocycles. The minimum absolute atomic E-state index is 1.05. The van der Waals surface area contributed by atoms with Crippen LogP contribution in [-0.2, 0) is 6.42 Å². The van der Waals surface area contributed by atoms with Crippen molar-refractivity contribution in [3.05, 3.63) is 48.2 Å².